The van der Waals surface area contributed by atoms with E-state index in [-0.39, 0.29) is 12.2 Å². The molecule has 5 heteroatoms. The third kappa shape index (κ3) is 3.07. The molecule has 0 spiro atoms. The van der Waals surface area contributed by atoms with Crippen LogP contribution in [-0.2, 0) is 6.61 Å². The van der Waals surface area contributed by atoms with Crippen molar-refractivity contribution < 1.29 is 18.7 Å². The lowest BCUT2D eigenvalue weighted by molar-refractivity contribution is 0.111. The highest BCUT2D eigenvalue weighted by atomic mass is 19.1. The highest BCUT2D eigenvalue weighted by Gasteiger charge is 2.08. The molecule has 1 aromatic carbocycles. The van der Waals surface area contributed by atoms with Gasteiger partial charge in [0, 0.05) is 6.20 Å². The van der Waals surface area contributed by atoms with E-state index in [4.69, 9.17) is 9.47 Å². The highest BCUT2D eigenvalue weighted by Crippen LogP contribution is 2.21. The number of carbonyl (C=O) groups excluding carboxylic acids is 1. The third-order valence-electron chi connectivity index (χ3n) is 2.53. The molecular formula is C14H12FNO3. The van der Waals surface area contributed by atoms with Crippen molar-refractivity contribution in [2.75, 3.05) is 7.11 Å². The lowest BCUT2D eigenvalue weighted by atomic mass is 10.2. The van der Waals surface area contributed by atoms with Crippen LogP contribution in [0.4, 0.5) is 4.39 Å². The Bertz CT molecular complexity index is 587. The van der Waals surface area contributed by atoms with Gasteiger partial charge in [-0.15, -0.1) is 0 Å². The Morgan fingerprint density at radius 3 is 2.95 bits per heavy atom. The Morgan fingerprint density at radius 2 is 2.21 bits per heavy atom. The summed E-state index contributed by atoms with van der Waals surface area (Å²) in [6, 6.07) is 7.34. The molecule has 0 atom stereocenters. The number of aromatic nitrogens is 1. The molecule has 0 bridgehead atoms. The lowest BCUT2D eigenvalue weighted by Gasteiger charge is -2.10. The molecule has 0 aliphatic carbocycles. The van der Waals surface area contributed by atoms with Gasteiger partial charge in [-0.2, -0.15) is 0 Å². The normalized spacial score (nSPS) is 10.0. The fourth-order valence-electron chi connectivity index (χ4n) is 1.62. The van der Waals surface area contributed by atoms with E-state index in [1.807, 2.05) is 0 Å². The third-order valence-corrected chi connectivity index (χ3v) is 2.53. The molecule has 0 saturated heterocycles. The summed E-state index contributed by atoms with van der Waals surface area (Å²) in [5.74, 6) is 0.299. The fraction of sp³-hybridized carbons (Fsp3) is 0.143. The summed E-state index contributed by atoms with van der Waals surface area (Å²) in [6.07, 6.45) is 2.16. The molecule has 98 valence electrons. The van der Waals surface area contributed by atoms with Gasteiger partial charge in [0.1, 0.15) is 18.2 Å². The van der Waals surface area contributed by atoms with Gasteiger partial charge in [-0.1, -0.05) is 0 Å². The number of nitrogens with zero attached hydrogens (tertiary/aromatic N) is 1. The predicted octanol–water partition coefficient (Wildman–Crippen LogP) is 2.62. The van der Waals surface area contributed by atoms with Crippen molar-refractivity contribution in [2.45, 2.75) is 6.61 Å². The van der Waals surface area contributed by atoms with E-state index in [0.717, 1.165) is 11.6 Å². The lowest BCUT2D eigenvalue weighted by Crippen LogP contribution is -2.02. The SMILES string of the molecule is COc1ncccc1COc1ccc(F)cc1C=O. The molecule has 1 heterocycles. The maximum Gasteiger partial charge on any atom is 0.219 e. The first kappa shape index (κ1) is 13.0. The summed E-state index contributed by atoms with van der Waals surface area (Å²) in [5, 5.41) is 0. The molecule has 2 rings (SSSR count). The van der Waals surface area contributed by atoms with Crippen molar-refractivity contribution in [3.8, 4) is 11.6 Å². The zero-order valence-corrected chi connectivity index (χ0v) is 10.3. The maximum absolute atomic E-state index is 13.0. The number of aldehydes is 1. The van der Waals surface area contributed by atoms with Crippen molar-refractivity contribution in [1.29, 1.82) is 0 Å². The van der Waals surface area contributed by atoms with Crippen molar-refractivity contribution in [3.05, 3.63) is 53.5 Å². The van der Waals surface area contributed by atoms with Crippen LogP contribution in [0.5, 0.6) is 11.6 Å². The zero-order valence-electron chi connectivity index (χ0n) is 10.3. The zero-order chi connectivity index (χ0) is 13.7. The largest absolute Gasteiger partial charge is 0.488 e. The number of halogens is 1. The van der Waals surface area contributed by atoms with E-state index in [9.17, 15) is 9.18 Å². The number of hydrogen-bond donors (Lipinski definition) is 0. The number of carbonyl (C=O) groups is 1. The number of ether oxygens (including phenoxy) is 2. The smallest absolute Gasteiger partial charge is 0.219 e. The van der Waals surface area contributed by atoms with Crippen molar-refractivity contribution in [3.63, 3.8) is 0 Å². The minimum Gasteiger partial charge on any atom is -0.488 e. The second kappa shape index (κ2) is 5.95. The van der Waals surface area contributed by atoms with Crippen LogP contribution in [0.3, 0.4) is 0 Å². The molecule has 1 aromatic heterocycles. The van der Waals surface area contributed by atoms with Gasteiger partial charge in [0.05, 0.1) is 18.2 Å². The van der Waals surface area contributed by atoms with Crippen molar-refractivity contribution in [1.82, 2.24) is 4.98 Å². The second-order valence-corrected chi connectivity index (χ2v) is 3.76. The van der Waals surface area contributed by atoms with Crippen LogP contribution < -0.4 is 9.47 Å². The molecule has 0 aliphatic heterocycles. The Kier molecular flexibility index (Phi) is 4.07. The highest BCUT2D eigenvalue weighted by molar-refractivity contribution is 5.79. The average molecular weight is 261 g/mol. The number of benzene rings is 1. The summed E-state index contributed by atoms with van der Waals surface area (Å²) in [5.41, 5.74) is 0.911. The van der Waals surface area contributed by atoms with Crippen LogP contribution >= 0.6 is 0 Å². The van der Waals surface area contributed by atoms with Gasteiger partial charge in [-0.25, -0.2) is 9.37 Å². The number of methoxy groups -OCH3 is 1. The summed E-state index contributed by atoms with van der Waals surface area (Å²) < 4.78 is 23.6. The van der Waals surface area contributed by atoms with Crippen molar-refractivity contribution >= 4 is 6.29 Å². The van der Waals surface area contributed by atoms with Crippen LogP contribution in [0.15, 0.2) is 36.5 Å². The van der Waals surface area contributed by atoms with Crippen molar-refractivity contribution in [2.24, 2.45) is 0 Å². The Balaban J connectivity index is 2.16. The first-order valence-electron chi connectivity index (χ1n) is 5.60. The monoisotopic (exact) mass is 261 g/mol. The summed E-state index contributed by atoms with van der Waals surface area (Å²) in [7, 11) is 1.51. The van der Waals surface area contributed by atoms with Gasteiger partial charge in [-0.3, -0.25) is 4.79 Å². The minimum absolute atomic E-state index is 0.169. The Morgan fingerprint density at radius 1 is 1.37 bits per heavy atom. The van der Waals surface area contributed by atoms with Crippen LogP contribution in [0.1, 0.15) is 15.9 Å². The first-order chi connectivity index (χ1) is 9.24. The van der Waals surface area contributed by atoms with E-state index in [2.05, 4.69) is 4.98 Å². The quantitative estimate of drug-likeness (QED) is 0.776. The van der Waals surface area contributed by atoms with E-state index >= 15 is 0 Å². The molecule has 0 radical (unpaired) electrons. The summed E-state index contributed by atoms with van der Waals surface area (Å²) >= 11 is 0. The van der Waals surface area contributed by atoms with E-state index < -0.39 is 5.82 Å². The van der Waals surface area contributed by atoms with E-state index in [1.54, 1.807) is 18.3 Å². The number of pyridine rings is 1. The molecule has 0 amide bonds. The molecule has 0 fully saturated rings. The molecule has 0 N–H and O–H groups in total. The Labute approximate surface area is 109 Å². The molecule has 19 heavy (non-hydrogen) atoms. The van der Waals surface area contributed by atoms with Crippen LogP contribution in [0.2, 0.25) is 0 Å². The summed E-state index contributed by atoms with van der Waals surface area (Å²) in [6.45, 7) is 0.184. The minimum atomic E-state index is -0.478. The first-order valence-corrected chi connectivity index (χ1v) is 5.60. The fourth-order valence-corrected chi connectivity index (χ4v) is 1.62. The van der Waals surface area contributed by atoms with Gasteiger partial charge in [0.15, 0.2) is 6.29 Å². The van der Waals surface area contributed by atoms with Gasteiger partial charge >= 0.3 is 0 Å². The number of rotatable bonds is 5. The van der Waals surface area contributed by atoms with Crippen LogP contribution in [0.25, 0.3) is 0 Å². The predicted molar refractivity (Wildman–Crippen MR) is 66.9 cm³/mol. The van der Waals surface area contributed by atoms with E-state index in [1.165, 1.54) is 19.2 Å². The van der Waals surface area contributed by atoms with Crippen LogP contribution in [-0.4, -0.2) is 18.4 Å². The molecule has 4 nitrogen and oxygen atoms in total. The van der Waals surface area contributed by atoms with Gasteiger partial charge < -0.3 is 9.47 Å². The summed E-state index contributed by atoms with van der Waals surface area (Å²) in [4.78, 5) is 14.9. The van der Waals surface area contributed by atoms with Gasteiger partial charge in [-0.05, 0) is 30.3 Å². The topological polar surface area (TPSA) is 48.4 Å². The van der Waals surface area contributed by atoms with Gasteiger partial charge in [0.25, 0.3) is 0 Å². The van der Waals surface area contributed by atoms with Gasteiger partial charge in [0.2, 0.25) is 5.88 Å². The molecule has 0 aliphatic rings. The molecule has 2 aromatic rings. The molecule has 0 unspecified atom stereocenters. The van der Waals surface area contributed by atoms with Crippen LogP contribution in [0, 0.1) is 5.82 Å². The molecule has 0 saturated carbocycles. The van der Waals surface area contributed by atoms with E-state index in [0.29, 0.717) is 17.9 Å². The molecular weight excluding hydrogens is 249 g/mol. The average Bonchev–Trinajstić information content (AvgIpc) is 2.46. The second-order valence-electron chi connectivity index (χ2n) is 3.76. The number of hydrogen-bond acceptors (Lipinski definition) is 4. The maximum atomic E-state index is 13.0. The standard InChI is InChI=1S/C14H12FNO3/c1-18-14-10(3-2-6-16-14)9-19-13-5-4-12(15)7-11(13)8-17/h2-8H,9H2,1H3. The Hall–Kier alpha value is -2.43.